The number of nitrogens with zero attached hydrogens (tertiary/aromatic N) is 2. The Kier molecular flexibility index (Phi) is 3.93. The minimum absolute atomic E-state index is 0.0197. The first-order valence-corrected chi connectivity index (χ1v) is 5.73. The minimum Gasteiger partial charge on any atom is -0.481 e. The van der Waals surface area contributed by atoms with Crippen LogP contribution in [-0.4, -0.2) is 36.7 Å². The predicted molar refractivity (Wildman–Crippen MR) is 63.9 cm³/mol. The average molecular weight is 253 g/mol. The summed E-state index contributed by atoms with van der Waals surface area (Å²) >= 11 is 0. The van der Waals surface area contributed by atoms with Gasteiger partial charge in [0.25, 0.3) is 5.88 Å². The highest BCUT2D eigenvalue weighted by atomic mass is 16.6. The van der Waals surface area contributed by atoms with Crippen LogP contribution in [0.2, 0.25) is 0 Å². The summed E-state index contributed by atoms with van der Waals surface area (Å²) in [7, 11) is 1.46. The first-order valence-electron chi connectivity index (χ1n) is 5.73. The lowest BCUT2D eigenvalue weighted by Crippen LogP contribution is -2.16. The number of hydrogen-bond acceptors (Lipinski definition) is 6. The Bertz CT molecular complexity index is 432. The van der Waals surface area contributed by atoms with E-state index in [0.29, 0.717) is 18.4 Å². The van der Waals surface area contributed by atoms with Crippen molar-refractivity contribution in [3.63, 3.8) is 0 Å². The Morgan fingerprint density at radius 2 is 2.44 bits per heavy atom. The second-order valence-corrected chi connectivity index (χ2v) is 4.10. The highest BCUT2D eigenvalue weighted by molar-refractivity contribution is 5.42. The summed E-state index contributed by atoms with van der Waals surface area (Å²) in [6, 6.07) is 2.79. The van der Waals surface area contributed by atoms with Crippen LogP contribution >= 0.6 is 0 Å². The van der Waals surface area contributed by atoms with Gasteiger partial charge in [-0.1, -0.05) is 0 Å². The summed E-state index contributed by atoms with van der Waals surface area (Å²) in [5, 5.41) is 14.1. The standard InChI is InChI=1S/C11H15N3O4/c1-17-10-3-2-9(14(15)16)11(13-10)18-7-8-4-5-12-6-8/h2-3,8,12H,4-7H2,1H3. The molecule has 18 heavy (non-hydrogen) atoms. The van der Waals surface area contributed by atoms with Crippen molar-refractivity contribution < 1.29 is 14.4 Å². The van der Waals surface area contributed by atoms with Crippen LogP contribution in [-0.2, 0) is 0 Å². The molecule has 0 aliphatic carbocycles. The van der Waals surface area contributed by atoms with E-state index in [-0.39, 0.29) is 11.6 Å². The number of nitrogens with one attached hydrogen (secondary N) is 1. The number of aromatic nitrogens is 1. The van der Waals surface area contributed by atoms with Gasteiger partial charge in [0.15, 0.2) is 0 Å². The first kappa shape index (κ1) is 12.6. The third-order valence-corrected chi connectivity index (χ3v) is 2.84. The first-order chi connectivity index (χ1) is 8.70. The lowest BCUT2D eigenvalue weighted by atomic mass is 10.1. The Balaban J connectivity index is 2.10. The van der Waals surface area contributed by atoms with E-state index in [1.807, 2.05) is 0 Å². The topological polar surface area (TPSA) is 86.5 Å². The molecule has 1 aliphatic rings. The molecule has 2 heterocycles. The molecule has 1 unspecified atom stereocenters. The van der Waals surface area contributed by atoms with Gasteiger partial charge in [0.05, 0.1) is 18.6 Å². The number of rotatable bonds is 5. The molecule has 0 aromatic carbocycles. The maximum Gasteiger partial charge on any atom is 0.331 e. The summed E-state index contributed by atoms with van der Waals surface area (Å²) < 4.78 is 10.4. The normalized spacial score (nSPS) is 18.6. The molecule has 1 aliphatic heterocycles. The molecule has 0 amide bonds. The van der Waals surface area contributed by atoms with Crippen molar-refractivity contribution in [2.75, 3.05) is 26.8 Å². The molecule has 1 saturated heterocycles. The molecular weight excluding hydrogens is 238 g/mol. The molecule has 0 bridgehead atoms. The zero-order valence-electron chi connectivity index (χ0n) is 10.1. The number of ether oxygens (including phenoxy) is 2. The quantitative estimate of drug-likeness (QED) is 0.622. The molecular formula is C11H15N3O4. The summed E-state index contributed by atoms with van der Waals surface area (Å²) in [5.41, 5.74) is -0.137. The fourth-order valence-electron chi connectivity index (χ4n) is 1.83. The van der Waals surface area contributed by atoms with Crippen molar-refractivity contribution in [2.24, 2.45) is 5.92 Å². The van der Waals surface area contributed by atoms with Crippen LogP contribution in [0.1, 0.15) is 6.42 Å². The number of methoxy groups -OCH3 is 1. The van der Waals surface area contributed by atoms with E-state index < -0.39 is 4.92 Å². The Morgan fingerprint density at radius 1 is 1.61 bits per heavy atom. The third-order valence-electron chi connectivity index (χ3n) is 2.84. The van der Waals surface area contributed by atoms with Crippen LogP contribution in [0.25, 0.3) is 0 Å². The molecule has 1 fully saturated rings. The fourth-order valence-corrected chi connectivity index (χ4v) is 1.83. The second kappa shape index (κ2) is 5.63. The van der Waals surface area contributed by atoms with Gasteiger partial charge >= 0.3 is 5.69 Å². The molecule has 7 heteroatoms. The SMILES string of the molecule is COc1ccc([N+](=O)[O-])c(OCC2CCNC2)n1. The molecule has 1 N–H and O–H groups in total. The van der Waals surface area contributed by atoms with E-state index in [1.165, 1.54) is 19.2 Å². The van der Waals surface area contributed by atoms with Gasteiger partial charge in [0, 0.05) is 24.6 Å². The molecule has 0 radical (unpaired) electrons. The van der Waals surface area contributed by atoms with E-state index in [2.05, 4.69) is 10.3 Å². The molecule has 0 spiro atoms. The fraction of sp³-hybridized carbons (Fsp3) is 0.545. The number of hydrogen-bond donors (Lipinski definition) is 1. The monoisotopic (exact) mass is 253 g/mol. The maximum absolute atomic E-state index is 10.8. The Morgan fingerprint density at radius 3 is 3.06 bits per heavy atom. The van der Waals surface area contributed by atoms with Crippen LogP contribution in [0.5, 0.6) is 11.8 Å². The van der Waals surface area contributed by atoms with Crippen LogP contribution in [0.4, 0.5) is 5.69 Å². The van der Waals surface area contributed by atoms with Crippen LogP contribution in [0, 0.1) is 16.0 Å². The van der Waals surface area contributed by atoms with Crippen molar-refractivity contribution in [1.29, 1.82) is 0 Å². The van der Waals surface area contributed by atoms with E-state index in [9.17, 15) is 10.1 Å². The molecule has 2 rings (SSSR count). The highest BCUT2D eigenvalue weighted by Crippen LogP contribution is 2.27. The van der Waals surface area contributed by atoms with Crippen molar-refractivity contribution in [1.82, 2.24) is 10.3 Å². The third kappa shape index (κ3) is 2.86. The molecule has 7 nitrogen and oxygen atoms in total. The number of nitro groups is 1. The van der Waals surface area contributed by atoms with E-state index >= 15 is 0 Å². The zero-order chi connectivity index (χ0) is 13.0. The molecule has 1 atom stereocenters. The zero-order valence-corrected chi connectivity index (χ0v) is 10.1. The van der Waals surface area contributed by atoms with E-state index in [4.69, 9.17) is 9.47 Å². The maximum atomic E-state index is 10.8. The summed E-state index contributed by atoms with van der Waals surface area (Å²) in [4.78, 5) is 14.3. The molecule has 98 valence electrons. The Hall–Kier alpha value is -1.89. The van der Waals surface area contributed by atoms with Gasteiger partial charge in [-0.2, -0.15) is 4.98 Å². The summed E-state index contributed by atoms with van der Waals surface area (Å²) in [6.07, 6.45) is 1.01. The van der Waals surface area contributed by atoms with Crippen LogP contribution in [0.15, 0.2) is 12.1 Å². The van der Waals surface area contributed by atoms with Crippen molar-refractivity contribution in [2.45, 2.75) is 6.42 Å². The van der Waals surface area contributed by atoms with Gasteiger partial charge in [-0.05, 0) is 13.0 Å². The molecule has 0 saturated carbocycles. The minimum atomic E-state index is -0.505. The van der Waals surface area contributed by atoms with E-state index in [0.717, 1.165) is 19.5 Å². The lowest BCUT2D eigenvalue weighted by molar-refractivity contribution is -0.386. The van der Waals surface area contributed by atoms with Gasteiger partial charge in [0.2, 0.25) is 5.88 Å². The second-order valence-electron chi connectivity index (χ2n) is 4.10. The molecule has 1 aromatic heterocycles. The van der Waals surface area contributed by atoms with Crippen molar-refractivity contribution in [3.05, 3.63) is 22.2 Å². The number of pyridine rings is 1. The van der Waals surface area contributed by atoms with E-state index in [1.54, 1.807) is 0 Å². The Labute approximate surface area is 104 Å². The van der Waals surface area contributed by atoms with Gasteiger partial charge in [0.1, 0.15) is 0 Å². The molecule has 1 aromatic rings. The van der Waals surface area contributed by atoms with Gasteiger partial charge in [-0.25, -0.2) is 0 Å². The average Bonchev–Trinajstić information content (AvgIpc) is 2.88. The van der Waals surface area contributed by atoms with Crippen LogP contribution < -0.4 is 14.8 Å². The summed E-state index contributed by atoms with van der Waals surface area (Å²) in [5.74, 6) is 0.698. The van der Waals surface area contributed by atoms with Gasteiger partial charge < -0.3 is 14.8 Å². The lowest BCUT2D eigenvalue weighted by Gasteiger charge is -2.10. The largest absolute Gasteiger partial charge is 0.481 e. The smallest absolute Gasteiger partial charge is 0.331 e. The van der Waals surface area contributed by atoms with Crippen molar-refractivity contribution in [3.8, 4) is 11.8 Å². The van der Waals surface area contributed by atoms with Crippen molar-refractivity contribution >= 4 is 5.69 Å². The van der Waals surface area contributed by atoms with Crippen LogP contribution in [0.3, 0.4) is 0 Å². The predicted octanol–water partition coefficient (Wildman–Crippen LogP) is 0.987. The van der Waals surface area contributed by atoms with Gasteiger partial charge in [-0.15, -0.1) is 0 Å². The summed E-state index contributed by atoms with van der Waals surface area (Å²) in [6.45, 7) is 2.26. The van der Waals surface area contributed by atoms with Gasteiger partial charge in [-0.3, -0.25) is 10.1 Å². The highest BCUT2D eigenvalue weighted by Gasteiger charge is 2.21.